The van der Waals surface area contributed by atoms with Gasteiger partial charge in [0.1, 0.15) is 0 Å². The zero-order valence-electron chi connectivity index (χ0n) is 20.0. The largest absolute Gasteiger partial charge is 0.221 e. The van der Waals surface area contributed by atoms with Crippen molar-refractivity contribution in [2.24, 2.45) is 0 Å². The third-order valence-corrected chi connectivity index (χ3v) is 7.66. The van der Waals surface area contributed by atoms with Crippen LogP contribution in [0.4, 0.5) is 0 Å². The molecule has 0 bridgehead atoms. The Morgan fingerprint density at radius 2 is 1.36 bits per heavy atom. The van der Waals surface area contributed by atoms with Crippen LogP contribution in [0.2, 0.25) is 0 Å². The Hall–Kier alpha value is -4.04. The van der Waals surface area contributed by atoms with Gasteiger partial charge in [-0.2, -0.15) is 9.13 Å². The molecule has 0 saturated heterocycles. The summed E-state index contributed by atoms with van der Waals surface area (Å²) in [6, 6.07) is 29.2. The summed E-state index contributed by atoms with van der Waals surface area (Å²) in [4.78, 5) is 0. The van der Waals surface area contributed by atoms with E-state index in [1.54, 1.807) is 0 Å². The molecule has 2 aliphatic rings. The van der Waals surface area contributed by atoms with Gasteiger partial charge in [0.05, 0.1) is 16.5 Å². The van der Waals surface area contributed by atoms with Gasteiger partial charge < -0.3 is 0 Å². The van der Waals surface area contributed by atoms with E-state index in [0.29, 0.717) is 0 Å². The molecule has 0 radical (unpaired) electrons. The lowest BCUT2D eigenvalue weighted by Crippen LogP contribution is -2.43. The molecule has 3 aromatic carbocycles. The maximum absolute atomic E-state index is 2.46. The minimum atomic E-state index is 0. The van der Waals surface area contributed by atoms with Crippen LogP contribution in [0.3, 0.4) is 0 Å². The molecular weight excluding hydrogens is 436 g/mol. The molecule has 2 nitrogen and oxygen atoms in total. The molecule has 0 fully saturated rings. The second-order valence-electron chi connectivity index (χ2n) is 9.86. The maximum Gasteiger partial charge on any atom is 0.221 e. The molecule has 0 amide bonds. The number of aryl methyl sites for hydroxylation is 5. The van der Waals surface area contributed by atoms with Crippen molar-refractivity contribution in [2.45, 2.75) is 40.3 Å². The van der Waals surface area contributed by atoms with Gasteiger partial charge in [0, 0.05) is 31.0 Å². The van der Waals surface area contributed by atoms with Crippen LogP contribution in [0.5, 0.6) is 0 Å². The van der Waals surface area contributed by atoms with Gasteiger partial charge >= 0.3 is 0 Å². The monoisotopic (exact) mass is 468 g/mol. The molecule has 5 aromatic rings. The van der Waals surface area contributed by atoms with Crippen molar-refractivity contribution in [1.29, 1.82) is 0 Å². The number of aromatic nitrogens is 2. The number of fused-ring (bicyclic) bond motifs is 9. The molecule has 2 aliphatic heterocycles. The van der Waals surface area contributed by atoms with Gasteiger partial charge in [0.15, 0.2) is 25.5 Å². The third-order valence-electron chi connectivity index (χ3n) is 7.66. The third kappa shape index (κ3) is 3.65. The highest BCUT2D eigenvalue weighted by Gasteiger charge is 2.34. The minimum Gasteiger partial charge on any atom is -0.198 e. The van der Waals surface area contributed by atoms with Crippen LogP contribution >= 0.6 is 0 Å². The Bertz CT molecular complexity index is 1640. The van der Waals surface area contributed by atoms with Crippen molar-refractivity contribution < 1.29 is 9.13 Å². The first-order valence-electron chi connectivity index (χ1n) is 12.6. The van der Waals surface area contributed by atoms with Crippen LogP contribution in [0, 0.1) is 6.92 Å². The molecular formula is C34H32N2+2. The zero-order valence-corrected chi connectivity index (χ0v) is 20.0. The van der Waals surface area contributed by atoms with E-state index in [0.717, 1.165) is 25.9 Å². The van der Waals surface area contributed by atoms with E-state index >= 15 is 0 Å². The van der Waals surface area contributed by atoms with E-state index in [2.05, 4.69) is 119 Å². The molecule has 0 spiro atoms. The molecule has 0 atom stereocenters. The molecule has 0 aliphatic carbocycles. The standard InChI is InChI=1S/C33H28N2.CH4/c1-23-6-8-24(9-7-23)10-11-25-14-18-34-19-16-27-12-13-28-17-21-35-20-15-26-4-2-3-5-29(26)33(35)32(28)31(27)30(34)22-25;/h2-15,18,20,22H,16-17,19,21H2,1H3;1H4/q+2;/b11-10+;. The molecule has 0 N–H and O–H groups in total. The molecule has 2 aromatic heterocycles. The van der Waals surface area contributed by atoms with E-state index in [4.69, 9.17) is 0 Å². The lowest BCUT2D eigenvalue weighted by molar-refractivity contribution is -0.689. The van der Waals surface area contributed by atoms with Gasteiger partial charge in [0.2, 0.25) is 11.4 Å². The molecule has 176 valence electrons. The average Bonchev–Trinajstić information content (AvgIpc) is 2.91. The highest BCUT2D eigenvalue weighted by Crippen LogP contribution is 2.41. The normalized spacial score (nSPS) is 13.5. The summed E-state index contributed by atoms with van der Waals surface area (Å²) in [5, 5.41) is 2.65. The Morgan fingerprint density at radius 3 is 2.19 bits per heavy atom. The van der Waals surface area contributed by atoms with Crippen molar-refractivity contribution in [1.82, 2.24) is 0 Å². The highest BCUT2D eigenvalue weighted by molar-refractivity contribution is 5.98. The predicted molar refractivity (Wildman–Crippen MR) is 149 cm³/mol. The maximum atomic E-state index is 2.46. The van der Waals surface area contributed by atoms with Gasteiger partial charge in [-0.05, 0) is 40.6 Å². The number of hydrogen-bond donors (Lipinski definition) is 0. The summed E-state index contributed by atoms with van der Waals surface area (Å²) in [6.07, 6.45) is 11.2. The lowest BCUT2D eigenvalue weighted by Gasteiger charge is -2.23. The van der Waals surface area contributed by atoms with Crippen LogP contribution in [-0.2, 0) is 25.9 Å². The van der Waals surface area contributed by atoms with E-state index < -0.39 is 0 Å². The average molecular weight is 469 g/mol. The zero-order chi connectivity index (χ0) is 23.4. The van der Waals surface area contributed by atoms with Crippen LogP contribution in [-0.4, -0.2) is 0 Å². The predicted octanol–water partition coefficient (Wildman–Crippen LogP) is 6.98. The topological polar surface area (TPSA) is 7.76 Å². The number of pyridine rings is 2. The van der Waals surface area contributed by atoms with Gasteiger partial charge in [-0.15, -0.1) is 0 Å². The van der Waals surface area contributed by atoms with E-state index in [9.17, 15) is 0 Å². The lowest BCUT2D eigenvalue weighted by atomic mass is 9.83. The first kappa shape index (κ1) is 22.4. The van der Waals surface area contributed by atoms with Crippen molar-refractivity contribution in [3.8, 4) is 22.5 Å². The van der Waals surface area contributed by atoms with Gasteiger partial charge in [-0.25, -0.2) is 0 Å². The molecule has 2 heteroatoms. The summed E-state index contributed by atoms with van der Waals surface area (Å²) >= 11 is 0. The van der Waals surface area contributed by atoms with E-state index in [1.165, 1.54) is 61.1 Å². The number of rotatable bonds is 2. The minimum absolute atomic E-state index is 0. The Kier molecular flexibility index (Phi) is 5.53. The first-order valence-corrected chi connectivity index (χ1v) is 12.6. The first-order chi connectivity index (χ1) is 17.2. The molecule has 0 saturated carbocycles. The highest BCUT2D eigenvalue weighted by atomic mass is 15.0. The van der Waals surface area contributed by atoms with Crippen LogP contribution in [0.15, 0.2) is 91.3 Å². The Balaban J connectivity index is 0.00000240. The summed E-state index contributed by atoms with van der Waals surface area (Å²) in [5.74, 6) is 0. The summed E-state index contributed by atoms with van der Waals surface area (Å²) in [7, 11) is 0. The Morgan fingerprint density at radius 1 is 0.667 bits per heavy atom. The number of hydrogen-bond acceptors (Lipinski definition) is 0. The second kappa shape index (κ2) is 8.87. The van der Waals surface area contributed by atoms with Crippen molar-refractivity contribution in [3.05, 3.63) is 119 Å². The molecule has 0 unspecified atom stereocenters. The molecule has 36 heavy (non-hydrogen) atoms. The fourth-order valence-electron chi connectivity index (χ4n) is 5.80. The van der Waals surface area contributed by atoms with Gasteiger partial charge in [-0.1, -0.05) is 79.7 Å². The number of nitrogens with zero attached hydrogens (tertiary/aromatic N) is 2. The van der Waals surface area contributed by atoms with Gasteiger partial charge in [0.25, 0.3) is 0 Å². The van der Waals surface area contributed by atoms with Crippen molar-refractivity contribution >= 4 is 22.9 Å². The van der Waals surface area contributed by atoms with Crippen LogP contribution in [0.25, 0.3) is 45.4 Å². The molecule has 7 rings (SSSR count). The van der Waals surface area contributed by atoms with Crippen LogP contribution < -0.4 is 9.13 Å². The SMILES string of the molecule is C.Cc1ccc(/C=C/c2cc[n+]3c(c2)-c2c(ccc4c2-c2c5ccccc5cc[n+]2CC4)CC3)cc1. The Labute approximate surface area is 213 Å². The van der Waals surface area contributed by atoms with Crippen LogP contribution in [0.1, 0.15) is 35.2 Å². The van der Waals surface area contributed by atoms with Crippen molar-refractivity contribution in [2.75, 3.05) is 0 Å². The summed E-state index contributed by atoms with van der Waals surface area (Å²) < 4.78 is 4.90. The fourth-order valence-corrected chi connectivity index (χ4v) is 5.80. The van der Waals surface area contributed by atoms with E-state index in [1.807, 2.05) is 0 Å². The number of benzene rings is 3. The summed E-state index contributed by atoms with van der Waals surface area (Å²) in [6.45, 7) is 4.19. The smallest absolute Gasteiger partial charge is 0.198 e. The summed E-state index contributed by atoms with van der Waals surface area (Å²) in [5.41, 5.74) is 12.2. The van der Waals surface area contributed by atoms with E-state index in [-0.39, 0.29) is 7.43 Å². The van der Waals surface area contributed by atoms with Gasteiger partial charge in [-0.3, -0.25) is 0 Å². The second-order valence-corrected chi connectivity index (χ2v) is 9.86. The quantitative estimate of drug-likeness (QED) is 0.247. The fraction of sp³-hybridized carbons (Fsp3) is 0.176. The van der Waals surface area contributed by atoms with Crippen molar-refractivity contribution in [3.63, 3.8) is 0 Å². The molecule has 4 heterocycles.